The van der Waals surface area contributed by atoms with Crippen LogP contribution < -0.4 is 15.4 Å². The lowest BCUT2D eigenvalue weighted by molar-refractivity contribution is 0.121. The number of hydrogen-bond donors (Lipinski definition) is 2. The van der Waals surface area contributed by atoms with E-state index in [4.69, 9.17) is 9.47 Å². The second kappa shape index (κ2) is 15.6. The maximum atomic E-state index is 13.8. The number of benzene rings is 1. The summed E-state index contributed by atoms with van der Waals surface area (Å²) < 4.78 is 24.8. The number of ether oxygens (including phenoxy) is 2. The van der Waals surface area contributed by atoms with Crippen LogP contribution in [0.15, 0.2) is 29.3 Å². The van der Waals surface area contributed by atoms with Gasteiger partial charge in [0.05, 0.1) is 13.2 Å². The molecule has 1 unspecified atom stereocenters. The maximum Gasteiger partial charge on any atom is 0.191 e. The van der Waals surface area contributed by atoms with E-state index in [0.29, 0.717) is 12.5 Å². The molecule has 2 N–H and O–H groups in total. The summed E-state index contributed by atoms with van der Waals surface area (Å²) in [6, 6.07) is 6.51. The molecule has 1 aromatic rings. The second-order valence-electron chi connectivity index (χ2n) is 7.46. The van der Waals surface area contributed by atoms with Crippen molar-refractivity contribution in [2.45, 2.75) is 39.2 Å². The van der Waals surface area contributed by atoms with Gasteiger partial charge in [-0.3, -0.25) is 0 Å². The van der Waals surface area contributed by atoms with E-state index in [2.05, 4.69) is 27.4 Å². The minimum Gasteiger partial charge on any atom is -0.485 e. The van der Waals surface area contributed by atoms with Gasteiger partial charge in [-0.25, -0.2) is 9.38 Å². The highest BCUT2D eigenvalue weighted by atomic mass is 127. The van der Waals surface area contributed by atoms with Gasteiger partial charge in [0, 0.05) is 26.7 Å². The molecule has 1 aliphatic heterocycles. The zero-order chi connectivity index (χ0) is 20.9. The van der Waals surface area contributed by atoms with E-state index in [0.717, 1.165) is 51.7 Å². The number of halogens is 2. The second-order valence-corrected chi connectivity index (χ2v) is 7.46. The molecule has 6 nitrogen and oxygen atoms in total. The quantitative estimate of drug-likeness (QED) is 0.258. The third-order valence-corrected chi connectivity index (χ3v) is 5.26. The molecule has 8 heteroatoms. The Balaban J connectivity index is 0.00000450. The van der Waals surface area contributed by atoms with Gasteiger partial charge in [0.1, 0.15) is 6.10 Å². The maximum absolute atomic E-state index is 13.8. The lowest BCUT2D eigenvalue weighted by Gasteiger charge is -2.32. The van der Waals surface area contributed by atoms with Crippen LogP contribution >= 0.6 is 24.0 Å². The van der Waals surface area contributed by atoms with E-state index in [1.807, 2.05) is 6.92 Å². The molecule has 0 radical (unpaired) electrons. The minimum atomic E-state index is -0.336. The van der Waals surface area contributed by atoms with Gasteiger partial charge in [-0.05, 0) is 57.3 Å². The molecule has 0 aromatic heterocycles. The van der Waals surface area contributed by atoms with Crippen LogP contribution in [0.25, 0.3) is 0 Å². The van der Waals surface area contributed by atoms with Gasteiger partial charge in [-0.2, -0.15) is 0 Å². The Kier molecular flexibility index (Phi) is 14.0. The standard InChI is InChI=1S/C22H37FN4O2.HI/c1-4-19(29-21-9-7-6-8-20(21)23)17-26-22(24-5-2)25-16-18-10-12-27(13-11-18)14-15-28-3;/h6-9,18-19H,4-5,10-17H2,1-3H3,(H2,24,25,26);1H. The lowest BCUT2D eigenvalue weighted by Crippen LogP contribution is -2.43. The highest BCUT2D eigenvalue weighted by molar-refractivity contribution is 14.0. The number of rotatable bonds is 11. The molecule has 0 spiro atoms. The van der Waals surface area contributed by atoms with Crippen LogP contribution in [-0.4, -0.2) is 69.9 Å². The Morgan fingerprint density at radius 3 is 2.60 bits per heavy atom. The van der Waals surface area contributed by atoms with E-state index in [1.165, 1.54) is 18.9 Å². The third-order valence-electron chi connectivity index (χ3n) is 5.26. The average Bonchev–Trinajstić information content (AvgIpc) is 2.75. The average molecular weight is 536 g/mol. The summed E-state index contributed by atoms with van der Waals surface area (Å²) in [4.78, 5) is 7.13. The number of para-hydroxylation sites is 1. The minimum absolute atomic E-state index is 0. The Bertz CT molecular complexity index is 613. The zero-order valence-electron chi connectivity index (χ0n) is 18.5. The van der Waals surface area contributed by atoms with Gasteiger partial charge in [-0.15, -0.1) is 24.0 Å². The molecule has 1 aliphatic rings. The fourth-order valence-electron chi connectivity index (χ4n) is 3.38. The smallest absolute Gasteiger partial charge is 0.191 e. The van der Waals surface area contributed by atoms with Gasteiger partial charge in [0.15, 0.2) is 17.5 Å². The van der Waals surface area contributed by atoms with Gasteiger partial charge >= 0.3 is 0 Å². The number of hydrogen-bond acceptors (Lipinski definition) is 4. The van der Waals surface area contributed by atoms with Crippen LogP contribution in [0.4, 0.5) is 4.39 Å². The van der Waals surface area contributed by atoms with Crippen molar-refractivity contribution in [3.8, 4) is 5.75 Å². The number of piperidine rings is 1. The van der Waals surface area contributed by atoms with Gasteiger partial charge < -0.3 is 25.0 Å². The number of methoxy groups -OCH3 is 1. The molecule has 30 heavy (non-hydrogen) atoms. The normalized spacial score (nSPS) is 16.6. The monoisotopic (exact) mass is 536 g/mol. The molecule has 0 aliphatic carbocycles. The molecule has 1 heterocycles. The van der Waals surface area contributed by atoms with E-state index in [-0.39, 0.29) is 41.6 Å². The molecular weight excluding hydrogens is 498 g/mol. The molecule has 0 saturated carbocycles. The van der Waals surface area contributed by atoms with Crippen LogP contribution in [0, 0.1) is 11.7 Å². The molecular formula is C22H38FIN4O2. The summed E-state index contributed by atoms with van der Waals surface area (Å²) in [6.07, 6.45) is 2.97. The Labute approximate surface area is 198 Å². The first-order valence-electron chi connectivity index (χ1n) is 10.8. The topological polar surface area (TPSA) is 58.1 Å². The Hall–Kier alpha value is -1.13. The van der Waals surface area contributed by atoms with Crippen LogP contribution in [-0.2, 0) is 4.74 Å². The summed E-state index contributed by atoms with van der Waals surface area (Å²) in [5.41, 5.74) is 0. The molecule has 172 valence electrons. The summed E-state index contributed by atoms with van der Waals surface area (Å²) in [6.45, 7) is 10.3. The van der Waals surface area contributed by atoms with Crippen LogP contribution in [0.1, 0.15) is 33.1 Å². The Morgan fingerprint density at radius 2 is 1.97 bits per heavy atom. The van der Waals surface area contributed by atoms with Crippen molar-refractivity contribution >= 4 is 29.9 Å². The molecule has 1 saturated heterocycles. The molecule has 0 bridgehead atoms. The van der Waals surface area contributed by atoms with E-state index in [1.54, 1.807) is 25.3 Å². The molecule has 2 rings (SSSR count). The van der Waals surface area contributed by atoms with Crippen molar-refractivity contribution in [2.24, 2.45) is 10.9 Å². The third kappa shape index (κ3) is 9.78. The van der Waals surface area contributed by atoms with Crippen LogP contribution in [0.3, 0.4) is 0 Å². The molecule has 1 aromatic carbocycles. The van der Waals surface area contributed by atoms with E-state index in [9.17, 15) is 4.39 Å². The highest BCUT2D eigenvalue weighted by Gasteiger charge is 2.19. The number of likely N-dealkylation sites (tertiary alicyclic amines) is 1. The number of nitrogens with zero attached hydrogens (tertiary/aromatic N) is 2. The van der Waals surface area contributed by atoms with Crippen molar-refractivity contribution in [3.63, 3.8) is 0 Å². The van der Waals surface area contributed by atoms with Gasteiger partial charge in [-0.1, -0.05) is 19.1 Å². The first-order chi connectivity index (χ1) is 14.2. The van der Waals surface area contributed by atoms with Crippen molar-refractivity contribution < 1.29 is 13.9 Å². The number of guanidine groups is 1. The number of nitrogens with one attached hydrogen (secondary N) is 2. The molecule has 0 amide bonds. The summed E-state index contributed by atoms with van der Waals surface area (Å²) >= 11 is 0. The fourth-order valence-corrected chi connectivity index (χ4v) is 3.38. The SMILES string of the molecule is CCNC(=NCC(CC)Oc1ccccc1F)NCC1CCN(CCOC)CC1.I. The van der Waals surface area contributed by atoms with Gasteiger partial charge in [0.2, 0.25) is 0 Å². The number of aliphatic imine (C=N–C) groups is 1. The van der Waals surface area contributed by atoms with Crippen molar-refractivity contribution in [1.29, 1.82) is 0 Å². The van der Waals surface area contributed by atoms with Crippen LogP contribution in [0.5, 0.6) is 5.75 Å². The summed E-state index contributed by atoms with van der Waals surface area (Å²) in [5.74, 6) is 1.39. The predicted molar refractivity (Wildman–Crippen MR) is 132 cm³/mol. The first-order valence-corrected chi connectivity index (χ1v) is 10.8. The summed E-state index contributed by atoms with van der Waals surface area (Å²) in [7, 11) is 1.75. The largest absolute Gasteiger partial charge is 0.485 e. The van der Waals surface area contributed by atoms with E-state index < -0.39 is 0 Å². The van der Waals surface area contributed by atoms with Crippen molar-refractivity contribution in [1.82, 2.24) is 15.5 Å². The van der Waals surface area contributed by atoms with Crippen molar-refractivity contribution in [3.05, 3.63) is 30.1 Å². The Morgan fingerprint density at radius 1 is 1.23 bits per heavy atom. The van der Waals surface area contributed by atoms with Gasteiger partial charge in [0.25, 0.3) is 0 Å². The molecule has 1 atom stereocenters. The summed E-state index contributed by atoms with van der Waals surface area (Å²) in [5, 5.41) is 6.77. The lowest BCUT2D eigenvalue weighted by atomic mass is 9.97. The first kappa shape index (κ1) is 26.9. The van der Waals surface area contributed by atoms with Crippen molar-refractivity contribution in [2.75, 3.05) is 53.0 Å². The van der Waals surface area contributed by atoms with Crippen LogP contribution in [0.2, 0.25) is 0 Å². The zero-order valence-corrected chi connectivity index (χ0v) is 20.9. The fraction of sp³-hybridized carbons (Fsp3) is 0.682. The molecule has 1 fully saturated rings. The highest BCUT2D eigenvalue weighted by Crippen LogP contribution is 2.18. The van der Waals surface area contributed by atoms with E-state index >= 15 is 0 Å². The predicted octanol–water partition coefficient (Wildman–Crippen LogP) is 3.51.